The van der Waals surface area contributed by atoms with Crippen molar-refractivity contribution in [1.29, 1.82) is 0 Å². The highest BCUT2D eigenvalue weighted by Crippen LogP contribution is 2.41. The number of nitrogens with zero attached hydrogens (tertiary/aromatic N) is 3. The lowest BCUT2D eigenvalue weighted by molar-refractivity contribution is -0.0893. The minimum Gasteiger partial charge on any atom is -0.494 e. The number of methoxy groups -OCH3 is 1. The molecule has 2 fully saturated rings. The average Bonchev–Trinajstić information content (AvgIpc) is 3.46. The smallest absolute Gasteiger partial charge is 0.494 e. The highest BCUT2D eigenvalue weighted by molar-refractivity contribution is 7.92. The lowest BCUT2D eigenvalue weighted by Crippen LogP contribution is -2.54. The number of amides is 1. The number of carbonyl (C=O) groups is 1. The number of ether oxygens (including phenoxy) is 2. The van der Waals surface area contributed by atoms with Crippen molar-refractivity contribution in [3.63, 3.8) is 0 Å². The average molecular weight is 651 g/mol. The van der Waals surface area contributed by atoms with Crippen molar-refractivity contribution in [1.82, 2.24) is 19.8 Å². The van der Waals surface area contributed by atoms with E-state index in [9.17, 15) is 31.5 Å². The normalized spacial score (nSPS) is 22.7. The largest absolute Gasteiger partial charge is 0.501 e. The fraction of sp³-hybridized carbons (Fsp3) is 0.484. The van der Waals surface area contributed by atoms with E-state index >= 15 is 0 Å². The third-order valence-electron chi connectivity index (χ3n) is 8.50. The van der Waals surface area contributed by atoms with Crippen LogP contribution in [0.5, 0.6) is 5.75 Å². The fourth-order valence-electron chi connectivity index (χ4n) is 6.24. The Morgan fingerprint density at radius 3 is 2.56 bits per heavy atom. The quantitative estimate of drug-likeness (QED) is 0.335. The summed E-state index contributed by atoms with van der Waals surface area (Å²) >= 11 is 0. The first-order valence-electron chi connectivity index (χ1n) is 14.9. The van der Waals surface area contributed by atoms with Crippen LogP contribution in [0.2, 0.25) is 0 Å². The van der Waals surface area contributed by atoms with Gasteiger partial charge in [0.15, 0.2) is 5.69 Å². The molecule has 1 aliphatic carbocycles. The molecule has 0 unspecified atom stereocenters. The molecule has 2 aliphatic rings. The fourth-order valence-corrected chi connectivity index (χ4v) is 7.00. The molecule has 2 heterocycles. The third kappa shape index (κ3) is 6.88. The number of hydrogen-bond acceptors (Lipinski definition) is 8. The summed E-state index contributed by atoms with van der Waals surface area (Å²) in [6.45, 7) is 1.79. The van der Waals surface area contributed by atoms with E-state index in [2.05, 4.69) is 10.3 Å². The van der Waals surface area contributed by atoms with Crippen LogP contribution in [-0.4, -0.2) is 91.0 Å². The summed E-state index contributed by atoms with van der Waals surface area (Å²) in [5, 5.41) is 14.9. The topological polar surface area (TPSA) is 123 Å². The number of sulfone groups is 1. The van der Waals surface area contributed by atoms with Gasteiger partial charge < -0.3 is 29.4 Å². The van der Waals surface area contributed by atoms with Crippen molar-refractivity contribution in [3.05, 3.63) is 66.6 Å². The summed E-state index contributed by atoms with van der Waals surface area (Å²) in [6.07, 6.45) is 5.11. The molecule has 3 aromatic rings. The van der Waals surface area contributed by atoms with E-state index in [1.54, 1.807) is 18.3 Å². The van der Waals surface area contributed by atoms with E-state index in [1.165, 1.54) is 12.1 Å². The summed E-state index contributed by atoms with van der Waals surface area (Å²) in [5.74, 6) is -0.0502. The molecule has 0 spiro atoms. The van der Waals surface area contributed by atoms with Crippen molar-refractivity contribution >= 4 is 15.7 Å². The second-order valence-corrected chi connectivity index (χ2v) is 13.4. The SMILES string of the molecule is COC[C@]1(O)CCCC[C@H]1n1cnc(C(=O)N2CCNC[C@H]2CCOc2ccc(S(=O)(=O)C(F)(F)F)cc2)c1-c1ccccc1. The number of hydrogen-bond donors (Lipinski definition) is 2. The molecule has 2 N–H and O–H groups in total. The van der Waals surface area contributed by atoms with E-state index in [1.807, 2.05) is 34.9 Å². The Labute approximate surface area is 260 Å². The Morgan fingerprint density at radius 1 is 1.13 bits per heavy atom. The maximum Gasteiger partial charge on any atom is 0.501 e. The van der Waals surface area contributed by atoms with Crippen LogP contribution in [0.1, 0.15) is 48.6 Å². The van der Waals surface area contributed by atoms with Gasteiger partial charge in [-0.3, -0.25) is 4.79 Å². The van der Waals surface area contributed by atoms with Gasteiger partial charge in [-0.2, -0.15) is 13.2 Å². The molecule has 244 valence electrons. The minimum atomic E-state index is -5.45. The zero-order valence-corrected chi connectivity index (χ0v) is 25.7. The molecule has 0 bridgehead atoms. The number of imidazole rings is 1. The number of alkyl halides is 3. The number of carbonyl (C=O) groups excluding carboxylic acids is 1. The van der Waals surface area contributed by atoms with Crippen LogP contribution in [0.3, 0.4) is 0 Å². The van der Waals surface area contributed by atoms with Crippen molar-refractivity contribution in [2.75, 3.05) is 40.0 Å². The van der Waals surface area contributed by atoms with Crippen LogP contribution < -0.4 is 10.1 Å². The van der Waals surface area contributed by atoms with Gasteiger partial charge in [-0.25, -0.2) is 13.4 Å². The van der Waals surface area contributed by atoms with Crippen molar-refractivity contribution in [2.45, 2.75) is 60.2 Å². The number of benzene rings is 2. The molecular formula is C31H37F3N4O6S. The number of nitrogens with one attached hydrogen (secondary N) is 1. The molecule has 14 heteroatoms. The summed E-state index contributed by atoms with van der Waals surface area (Å²) in [4.78, 5) is 19.7. The molecule has 1 saturated carbocycles. The number of aromatic nitrogens is 2. The molecule has 3 atom stereocenters. The van der Waals surface area contributed by atoms with Gasteiger partial charge in [0.1, 0.15) is 11.4 Å². The maximum atomic E-state index is 14.2. The minimum absolute atomic E-state index is 0.133. The molecule has 45 heavy (non-hydrogen) atoms. The first-order chi connectivity index (χ1) is 21.5. The molecule has 5 rings (SSSR count). The lowest BCUT2D eigenvalue weighted by Gasteiger charge is -2.41. The molecule has 1 aromatic heterocycles. The van der Waals surface area contributed by atoms with Crippen LogP contribution in [0.4, 0.5) is 13.2 Å². The van der Waals surface area contributed by atoms with E-state index in [4.69, 9.17) is 9.47 Å². The van der Waals surface area contributed by atoms with Gasteiger partial charge in [0, 0.05) is 44.8 Å². The van der Waals surface area contributed by atoms with E-state index in [0.29, 0.717) is 44.6 Å². The summed E-state index contributed by atoms with van der Waals surface area (Å²) in [7, 11) is -3.89. The van der Waals surface area contributed by atoms with Gasteiger partial charge in [-0.1, -0.05) is 43.2 Å². The first-order valence-corrected chi connectivity index (χ1v) is 16.3. The lowest BCUT2D eigenvalue weighted by atomic mass is 9.80. The number of rotatable bonds is 10. The van der Waals surface area contributed by atoms with E-state index in [0.717, 1.165) is 30.5 Å². The van der Waals surface area contributed by atoms with Gasteiger partial charge >= 0.3 is 5.51 Å². The Kier molecular flexibility index (Phi) is 9.87. The van der Waals surface area contributed by atoms with Gasteiger partial charge in [0.25, 0.3) is 15.7 Å². The predicted octanol–water partition coefficient (Wildman–Crippen LogP) is 4.22. The van der Waals surface area contributed by atoms with E-state index < -0.39 is 25.8 Å². The van der Waals surface area contributed by atoms with Crippen LogP contribution >= 0.6 is 0 Å². The van der Waals surface area contributed by atoms with Gasteiger partial charge in [0.05, 0.1) is 36.2 Å². The predicted molar refractivity (Wildman–Crippen MR) is 159 cm³/mol. The number of aliphatic hydroxyl groups is 1. The van der Waals surface area contributed by atoms with Crippen LogP contribution in [0.25, 0.3) is 11.3 Å². The molecule has 1 amide bonds. The Balaban J connectivity index is 1.35. The number of halogens is 3. The van der Waals surface area contributed by atoms with E-state index in [-0.39, 0.29) is 42.6 Å². The van der Waals surface area contributed by atoms with Crippen molar-refractivity contribution < 1.29 is 41.0 Å². The highest BCUT2D eigenvalue weighted by Gasteiger charge is 2.47. The Hall–Kier alpha value is -3.46. The van der Waals surface area contributed by atoms with Gasteiger partial charge in [-0.15, -0.1) is 0 Å². The zero-order valence-electron chi connectivity index (χ0n) is 24.9. The first kappa shape index (κ1) is 32.9. The molecular weight excluding hydrogens is 613 g/mol. The summed E-state index contributed by atoms with van der Waals surface area (Å²) < 4.78 is 74.9. The van der Waals surface area contributed by atoms with Crippen LogP contribution in [0, 0.1) is 0 Å². The monoisotopic (exact) mass is 650 g/mol. The zero-order chi connectivity index (χ0) is 32.2. The maximum absolute atomic E-state index is 14.2. The van der Waals surface area contributed by atoms with Crippen molar-refractivity contribution in [2.24, 2.45) is 0 Å². The van der Waals surface area contributed by atoms with Gasteiger partial charge in [-0.05, 0) is 37.1 Å². The standard InChI is InChI=1S/C31H37F3N4O6S/c1-43-20-30(40)15-6-5-9-26(30)38-21-36-27(28(38)22-7-3-2-4-8-22)29(39)37-17-16-35-19-23(37)14-18-44-24-10-12-25(13-11-24)45(41,42)31(32,33)34/h2-4,7-8,10-13,21,23,26,35,40H,5-6,9,14-20H2,1H3/t23-,26-,30-/m1/s1. The third-order valence-corrected chi connectivity index (χ3v) is 10.0. The van der Waals surface area contributed by atoms with Crippen LogP contribution in [0.15, 0.2) is 65.8 Å². The second-order valence-electron chi connectivity index (χ2n) is 11.4. The molecule has 2 aromatic carbocycles. The Bertz CT molecular complexity index is 1560. The van der Waals surface area contributed by atoms with Gasteiger partial charge in [0.2, 0.25) is 0 Å². The Morgan fingerprint density at radius 2 is 1.87 bits per heavy atom. The molecule has 1 saturated heterocycles. The number of piperazine rings is 1. The van der Waals surface area contributed by atoms with Crippen molar-refractivity contribution in [3.8, 4) is 17.0 Å². The summed E-state index contributed by atoms with van der Waals surface area (Å²) in [5.41, 5.74) is -4.79. The second kappa shape index (κ2) is 13.5. The molecule has 10 nitrogen and oxygen atoms in total. The highest BCUT2D eigenvalue weighted by atomic mass is 32.2. The molecule has 1 aliphatic heterocycles. The van der Waals surface area contributed by atoms with Crippen LogP contribution in [-0.2, 0) is 14.6 Å². The molecule has 0 radical (unpaired) electrons. The summed E-state index contributed by atoms with van der Waals surface area (Å²) in [6, 6.07) is 13.0.